The van der Waals surface area contributed by atoms with Gasteiger partial charge in [0.1, 0.15) is 0 Å². The summed E-state index contributed by atoms with van der Waals surface area (Å²) >= 11 is 0. The lowest BCUT2D eigenvalue weighted by molar-refractivity contribution is -0.115. The molecule has 0 aliphatic heterocycles. The number of nitrogens with two attached hydrogens (primary N) is 1. The molecular formula is C14H16N4O2. The molecule has 0 bridgehead atoms. The van der Waals surface area contributed by atoms with E-state index in [1.807, 2.05) is 12.1 Å². The van der Waals surface area contributed by atoms with Crippen molar-refractivity contribution in [2.45, 2.75) is 13.3 Å². The van der Waals surface area contributed by atoms with E-state index in [2.05, 4.69) is 15.3 Å². The molecule has 0 saturated carbocycles. The third-order valence-corrected chi connectivity index (χ3v) is 2.64. The van der Waals surface area contributed by atoms with E-state index in [0.29, 0.717) is 11.6 Å². The average Bonchev–Trinajstić information content (AvgIpc) is 2.40. The van der Waals surface area contributed by atoms with Crippen molar-refractivity contribution in [1.29, 1.82) is 0 Å². The Morgan fingerprint density at radius 2 is 2.00 bits per heavy atom. The predicted octanol–water partition coefficient (Wildman–Crippen LogP) is 1.56. The Morgan fingerprint density at radius 3 is 2.65 bits per heavy atom. The maximum atomic E-state index is 11.9. The van der Waals surface area contributed by atoms with Gasteiger partial charge in [-0.05, 0) is 24.6 Å². The molecule has 0 saturated heterocycles. The maximum Gasteiger partial charge on any atom is 0.232 e. The summed E-state index contributed by atoms with van der Waals surface area (Å²) in [5, 5.41) is 2.65. The third kappa shape index (κ3) is 3.68. The van der Waals surface area contributed by atoms with Gasteiger partial charge in [-0.1, -0.05) is 12.1 Å². The fourth-order valence-electron chi connectivity index (χ4n) is 1.69. The first-order valence-corrected chi connectivity index (χ1v) is 6.11. The molecule has 2 aromatic rings. The molecule has 20 heavy (non-hydrogen) atoms. The summed E-state index contributed by atoms with van der Waals surface area (Å²) in [4.78, 5) is 20.1. The number of ether oxygens (including phenoxy) is 1. The zero-order valence-electron chi connectivity index (χ0n) is 11.4. The summed E-state index contributed by atoms with van der Waals surface area (Å²) < 4.78 is 5.03. The van der Waals surface area contributed by atoms with E-state index >= 15 is 0 Å². The summed E-state index contributed by atoms with van der Waals surface area (Å²) in [6.45, 7) is 1.81. The second-order valence-electron chi connectivity index (χ2n) is 4.34. The van der Waals surface area contributed by atoms with Crippen molar-refractivity contribution in [1.82, 2.24) is 9.97 Å². The first-order valence-electron chi connectivity index (χ1n) is 6.11. The molecule has 6 heteroatoms. The number of aryl methyl sites for hydroxylation is 1. The molecule has 0 unspecified atom stereocenters. The van der Waals surface area contributed by atoms with Gasteiger partial charge in [0.15, 0.2) is 0 Å². The number of rotatable bonds is 4. The Balaban J connectivity index is 2.04. The molecule has 1 amide bonds. The topological polar surface area (TPSA) is 90.1 Å². The lowest BCUT2D eigenvalue weighted by atomic mass is 10.1. The molecule has 0 atom stereocenters. The Labute approximate surface area is 117 Å². The second kappa shape index (κ2) is 6.01. The summed E-state index contributed by atoms with van der Waals surface area (Å²) in [7, 11) is 1.52. The van der Waals surface area contributed by atoms with Crippen molar-refractivity contribution in [3.8, 4) is 5.88 Å². The Morgan fingerprint density at radius 1 is 1.30 bits per heavy atom. The minimum atomic E-state index is -0.192. The molecule has 104 valence electrons. The van der Waals surface area contributed by atoms with Crippen LogP contribution in [0, 0.1) is 6.92 Å². The SMILES string of the molecule is COc1cc(C)nc(NC(=O)Cc2ccc(N)cc2)n1. The van der Waals surface area contributed by atoms with E-state index in [0.717, 1.165) is 11.3 Å². The standard InChI is InChI=1S/C14H16N4O2/c1-9-7-13(20-2)18-14(16-9)17-12(19)8-10-3-5-11(15)6-4-10/h3-7H,8,15H2,1-2H3,(H,16,17,18,19). The minimum Gasteiger partial charge on any atom is -0.481 e. The fraction of sp³-hybridized carbons (Fsp3) is 0.214. The number of hydrogen-bond donors (Lipinski definition) is 2. The summed E-state index contributed by atoms with van der Waals surface area (Å²) in [6, 6.07) is 8.83. The number of aromatic nitrogens is 2. The van der Waals surface area contributed by atoms with E-state index in [-0.39, 0.29) is 18.3 Å². The van der Waals surface area contributed by atoms with E-state index in [9.17, 15) is 4.79 Å². The number of carbonyl (C=O) groups is 1. The van der Waals surface area contributed by atoms with Crippen molar-refractivity contribution < 1.29 is 9.53 Å². The highest BCUT2D eigenvalue weighted by Crippen LogP contribution is 2.12. The van der Waals surface area contributed by atoms with Gasteiger partial charge in [0, 0.05) is 17.4 Å². The molecule has 0 aliphatic carbocycles. The number of methoxy groups -OCH3 is 1. The van der Waals surface area contributed by atoms with Crippen LogP contribution in [0.5, 0.6) is 5.88 Å². The number of amides is 1. The zero-order chi connectivity index (χ0) is 14.5. The molecular weight excluding hydrogens is 256 g/mol. The molecule has 1 aromatic carbocycles. The van der Waals surface area contributed by atoms with Gasteiger partial charge >= 0.3 is 0 Å². The second-order valence-corrected chi connectivity index (χ2v) is 4.34. The van der Waals surface area contributed by atoms with Gasteiger partial charge in [-0.2, -0.15) is 4.98 Å². The van der Waals surface area contributed by atoms with Crippen LogP contribution in [0.1, 0.15) is 11.3 Å². The van der Waals surface area contributed by atoms with Crippen LogP contribution < -0.4 is 15.8 Å². The first-order chi connectivity index (χ1) is 9.56. The monoisotopic (exact) mass is 272 g/mol. The van der Waals surface area contributed by atoms with Crippen LogP contribution in [0.15, 0.2) is 30.3 Å². The highest BCUT2D eigenvalue weighted by atomic mass is 16.5. The Hall–Kier alpha value is -2.63. The molecule has 3 N–H and O–H groups in total. The largest absolute Gasteiger partial charge is 0.481 e. The molecule has 2 rings (SSSR count). The number of nitrogen functional groups attached to an aromatic ring is 1. The van der Waals surface area contributed by atoms with Crippen molar-refractivity contribution in [2.75, 3.05) is 18.2 Å². The lowest BCUT2D eigenvalue weighted by Crippen LogP contribution is -2.16. The number of nitrogens with zero attached hydrogens (tertiary/aromatic N) is 2. The van der Waals surface area contributed by atoms with Gasteiger partial charge in [0.05, 0.1) is 13.5 Å². The van der Waals surface area contributed by atoms with E-state index < -0.39 is 0 Å². The molecule has 0 fully saturated rings. The lowest BCUT2D eigenvalue weighted by Gasteiger charge is -2.06. The molecule has 1 heterocycles. The molecule has 6 nitrogen and oxygen atoms in total. The van der Waals surface area contributed by atoms with Crippen LogP contribution in [0.4, 0.5) is 11.6 Å². The summed E-state index contributed by atoms with van der Waals surface area (Å²) in [5.74, 6) is 0.463. The van der Waals surface area contributed by atoms with Crippen molar-refractivity contribution in [3.63, 3.8) is 0 Å². The van der Waals surface area contributed by atoms with Crippen molar-refractivity contribution in [3.05, 3.63) is 41.6 Å². The number of carbonyl (C=O) groups excluding carboxylic acids is 1. The highest BCUT2D eigenvalue weighted by molar-refractivity contribution is 5.90. The van der Waals surface area contributed by atoms with Crippen LogP contribution in [0.25, 0.3) is 0 Å². The minimum absolute atomic E-state index is 0.192. The van der Waals surface area contributed by atoms with Crippen LogP contribution in [-0.2, 0) is 11.2 Å². The molecule has 0 radical (unpaired) electrons. The van der Waals surface area contributed by atoms with Gasteiger partial charge in [0.25, 0.3) is 0 Å². The molecule has 0 spiro atoms. The van der Waals surface area contributed by atoms with Crippen LogP contribution in [-0.4, -0.2) is 23.0 Å². The Bertz CT molecular complexity index is 611. The van der Waals surface area contributed by atoms with Gasteiger partial charge in [0.2, 0.25) is 17.7 Å². The van der Waals surface area contributed by atoms with E-state index in [4.69, 9.17) is 10.5 Å². The third-order valence-electron chi connectivity index (χ3n) is 2.64. The summed E-state index contributed by atoms with van der Waals surface area (Å²) in [5.41, 5.74) is 7.86. The van der Waals surface area contributed by atoms with Crippen LogP contribution >= 0.6 is 0 Å². The highest BCUT2D eigenvalue weighted by Gasteiger charge is 2.08. The van der Waals surface area contributed by atoms with Crippen molar-refractivity contribution >= 4 is 17.5 Å². The van der Waals surface area contributed by atoms with Crippen molar-refractivity contribution in [2.24, 2.45) is 0 Å². The normalized spacial score (nSPS) is 10.1. The fourth-order valence-corrected chi connectivity index (χ4v) is 1.69. The zero-order valence-corrected chi connectivity index (χ0v) is 11.4. The maximum absolute atomic E-state index is 11.9. The van der Waals surface area contributed by atoms with Gasteiger partial charge < -0.3 is 10.5 Å². The average molecular weight is 272 g/mol. The predicted molar refractivity (Wildman–Crippen MR) is 76.5 cm³/mol. The smallest absolute Gasteiger partial charge is 0.232 e. The van der Waals surface area contributed by atoms with Gasteiger partial charge in [-0.3, -0.25) is 10.1 Å². The molecule has 1 aromatic heterocycles. The number of nitrogens with one attached hydrogen (secondary N) is 1. The van der Waals surface area contributed by atoms with Crippen LogP contribution in [0.3, 0.4) is 0 Å². The van der Waals surface area contributed by atoms with E-state index in [1.54, 1.807) is 25.1 Å². The quantitative estimate of drug-likeness (QED) is 0.824. The van der Waals surface area contributed by atoms with Gasteiger partial charge in [-0.15, -0.1) is 0 Å². The number of benzene rings is 1. The number of hydrogen-bond acceptors (Lipinski definition) is 5. The Kier molecular flexibility index (Phi) is 4.14. The molecule has 0 aliphatic rings. The summed E-state index contributed by atoms with van der Waals surface area (Å²) in [6.07, 6.45) is 0.236. The van der Waals surface area contributed by atoms with Crippen LogP contribution in [0.2, 0.25) is 0 Å². The van der Waals surface area contributed by atoms with Gasteiger partial charge in [-0.25, -0.2) is 4.98 Å². The van der Waals surface area contributed by atoms with E-state index in [1.165, 1.54) is 7.11 Å². The number of anilines is 2. The first kappa shape index (κ1) is 13.8.